The quantitative estimate of drug-likeness (QED) is 0.242. The van der Waals surface area contributed by atoms with Gasteiger partial charge in [-0.1, -0.05) is 32.9 Å². The molecule has 272 valence electrons. The number of aromatic nitrogens is 2. The van der Waals surface area contributed by atoms with Crippen molar-refractivity contribution >= 4 is 39.3 Å². The molecule has 4 atom stereocenters. The van der Waals surface area contributed by atoms with E-state index in [4.69, 9.17) is 30.4 Å². The number of aliphatic hydroxyl groups is 1. The summed E-state index contributed by atoms with van der Waals surface area (Å²) in [6.07, 6.45) is 7.47. The Morgan fingerprint density at radius 1 is 1.12 bits per heavy atom. The van der Waals surface area contributed by atoms with Gasteiger partial charge in [0.25, 0.3) is 0 Å². The van der Waals surface area contributed by atoms with E-state index in [1.807, 2.05) is 13.0 Å². The second-order valence-corrected chi connectivity index (χ2v) is 15.3. The van der Waals surface area contributed by atoms with Crippen LogP contribution >= 0.6 is 0 Å². The summed E-state index contributed by atoms with van der Waals surface area (Å²) < 4.78 is 22.0. The molecule has 8 rings (SSSR count). The van der Waals surface area contributed by atoms with Gasteiger partial charge in [0, 0.05) is 42.7 Å². The molecule has 4 N–H and O–H groups in total. The van der Waals surface area contributed by atoms with Crippen LogP contribution in [-0.2, 0) is 6.42 Å². The molecule has 10 nitrogen and oxygen atoms in total. The molecule has 4 unspecified atom stereocenters. The molecule has 0 spiro atoms. The average Bonchev–Trinajstić information content (AvgIpc) is 3.24. The van der Waals surface area contributed by atoms with Gasteiger partial charge in [-0.05, 0) is 96.7 Å². The summed E-state index contributed by atoms with van der Waals surface area (Å²) in [5.41, 5.74) is 9.96. The van der Waals surface area contributed by atoms with E-state index >= 15 is 4.39 Å². The number of rotatable bonds is 8. The zero-order chi connectivity index (χ0) is 36.3. The average molecular weight is 706 g/mol. The molecule has 0 saturated carbocycles. The highest BCUT2D eigenvalue weighted by atomic mass is 19.1. The monoisotopic (exact) mass is 705 g/mol. The van der Waals surface area contributed by atoms with Crippen LogP contribution in [0, 0.1) is 17.7 Å². The lowest BCUT2D eigenvalue weighted by atomic mass is 9.84. The SMILES string of the molecule is CCc1c(F)ccc2cc(O)cc(-c3cc4nc(OCC56CCN5CC(C)C6)nc(N5CCCN=C(/C=C(\N)CO)C5)c4c4c3=NC(C)C(C)C=4)c12. The Bertz CT molecular complexity index is 2270. The molecule has 0 amide bonds. The van der Waals surface area contributed by atoms with E-state index in [0.29, 0.717) is 66.9 Å². The van der Waals surface area contributed by atoms with E-state index in [9.17, 15) is 10.2 Å². The summed E-state index contributed by atoms with van der Waals surface area (Å²) in [6, 6.07) is 8.93. The van der Waals surface area contributed by atoms with Crippen LogP contribution in [0.15, 0.2) is 52.1 Å². The Kier molecular flexibility index (Phi) is 8.90. The summed E-state index contributed by atoms with van der Waals surface area (Å²) in [7, 11) is 0. The van der Waals surface area contributed by atoms with E-state index in [2.05, 4.69) is 36.6 Å². The number of nitrogens with two attached hydrogens (primary N) is 1. The van der Waals surface area contributed by atoms with E-state index < -0.39 is 0 Å². The maximum absolute atomic E-state index is 15.4. The number of hydrogen-bond donors (Lipinski definition) is 3. The topological polar surface area (TPSA) is 133 Å². The third-order valence-electron chi connectivity index (χ3n) is 11.6. The third kappa shape index (κ3) is 5.97. The largest absolute Gasteiger partial charge is 0.508 e. The van der Waals surface area contributed by atoms with Crippen molar-refractivity contribution in [2.75, 3.05) is 50.8 Å². The number of aliphatic hydroxyl groups excluding tert-OH is 1. The van der Waals surface area contributed by atoms with Gasteiger partial charge < -0.3 is 25.6 Å². The maximum Gasteiger partial charge on any atom is 0.319 e. The Hall–Kier alpha value is -4.61. The van der Waals surface area contributed by atoms with E-state index in [-0.39, 0.29) is 35.7 Å². The van der Waals surface area contributed by atoms with E-state index in [0.717, 1.165) is 76.2 Å². The van der Waals surface area contributed by atoms with Gasteiger partial charge in [0.2, 0.25) is 0 Å². The first-order valence-electron chi connectivity index (χ1n) is 18.7. The number of aryl methyl sites for hydroxylation is 1. The molecule has 0 radical (unpaired) electrons. The second-order valence-electron chi connectivity index (χ2n) is 15.3. The number of phenols is 1. The molecule has 11 heteroatoms. The van der Waals surface area contributed by atoms with Crippen molar-refractivity contribution in [3.8, 4) is 22.9 Å². The number of aliphatic imine (C=N–C) groups is 1. The zero-order valence-corrected chi connectivity index (χ0v) is 30.5. The van der Waals surface area contributed by atoms with Crippen molar-refractivity contribution < 1.29 is 19.3 Å². The lowest BCUT2D eigenvalue weighted by Crippen LogP contribution is -2.59. The molecule has 4 aliphatic heterocycles. The van der Waals surface area contributed by atoms with Gasteiger partial charge in [-0.2, -0.15) is 9.97 Å². The summed E-state index contributed by atoms with van der Waals surface area (Å²) in [5.74, 6) is 1.29. The number of anilines is 1. The van der Waals surface area contributed by atoms with Gasteiger partial charge in [0.1, 0.15) is 24.0 Å². The molecule has 52 heavy (non-hydrogen) atoms. The molecule has 0 bridgehead atoms. The van der Waals surface area contributed by atoms with Crippen LogP contribution in [0.3, 0.4) is 0 Å². The van der Waals surface area contributed by atoms with Crippen LogP contribution in [-0.4, -0.2) is 88.3 Å². The van der Waals surface area contributed by atoms with Crippen molar-refractivity contribution in [2.45, 2.75) is 65.0 Å². The number of fused-ring (bicyclic) bond motifs is 5. The van der Waals surface area contributed by atoms with Crippen molar-refractivity contribution in [1.29, 1.82) is 0 Å². The number of aromatic hydroxyl groups is 1. The highest BCUT2D eigenvalue weighted by Gasteiger charge is 2.51. The molecule has 2 fully saturated rings. The minimum absolute atomic E-state index is 0.00724. The van der Waals surface area contributed by atoms with Crippen molar-refractivity contribution in [2.24, 2.45) is 27.6 Å². The van der Waals surface area contributed by atoms with Gasteiger partial charge in [-0.15, -0.1) is 0 Å². The molecule has 1 aromatic heterocycles. The number of phenolic OH excluding ortho intramolecular Hbond substituents is 1. The summed E-state index contributed by atoms with van der Waals surface area (Å²) in [6.45, 7) is 12.7. The van der Waals surface area contributed by atoms with Gasteiger partial charge in [-0.3, -0.25) is 14.9 Å². The zero-order valence-electron chi connectivity index (χ0n) is 30.5. The summed E-state index contributed by atoms with van der Waals surface area (Å²) >= 11 is 0. The molecular formula is C41H48FN7O3. The van der Waals surface area contributed by atoms with Gasteiger partial charge in [0.15, 0.2) is 0 Å². The van der Waals surface area contributed by atoms with Crippen LogP contribution in [0.5, 0.6) is 11.8 Å². The molecule has 3 aromatic carbocycles. The second kappa shape index (κ2) is 13.4. The van der Waals surface area contributed by atoms with Crippen molar-refractivity contribution in [3.05, 3.63) is 64.1 Å². The van der Waals surface area contributed by atoms with Gasteiger partial charge in [0.05, 0.1) is 46.7 Å². The number of ether oxygens (including phenoxy) is 1. The fourth-order valence-electron chi connectivity index (χ4n) is 8.81. The Morgan fingerprint density at radius 2 is 1.96 bits per heavy atom. The smallest absolute Gasteiger partial charge is 0.319 e. The fourth-order valence-corrected chi connectivity index (χ4v) is 8.81. The van der Waals surface area contributed by atoms with Crippen LogP contribution in [0.2, 0.25) is 0 Å². The van der Waals surface area contributed by atoms with Crippen LogP contribution < -0.4 is 25.9 Å². The number of hydrogen-bond acceptors (Lipinski definition) is 10. The predicted molar refractivity (Wildman–Crippen MR) is 204 cm³/mol. The fraction of sp³-hybridized carbons (Fsp3) is 0.463. The minimum atomic E-state index is -0.275. The number of nitrogens with zero attached hydrogens (tertiary/aromatic N) is 6. The Morgan fingerprint density at radius 3 is 2.71 bits per heavy atom. The Labute approximate surface area is 303 Å². The molecule has 0 aliphatic carbocycles. The molecular weight excluding hydrogens is 657 g/mol. The molecule has 5 heterocycles. The first-order valence-corrected chi connectivity index (χ1v) is 18.7. The number of halogens is 1. The Balaban J connectivity index is 1.38. The summed E-state index contributed by atoms with van der Waals surface area (Å²) in [4.78, 5) is 25.1. The highest BCUT2D eigenvalue weighted by Crippen LogP contribution is 2.43. The standard InChI is InChI=1S/C41H48FN7O3/c1-5-30-34(42)8-7-26-14-29(51)16-31(36(26)30)32-17-35-37(33-13-24(3)25(4)45-38(32)33)39(48-11-6-10-44-28(20-48)15-27(43)21-50)47-40(46-35)52-22-41-9-12-49(41)19-23(2)18-41/h7-8,13-17,23-25,50-51H,5-6,9-12,18-22,43H2,1-4H3/b27-15-. The lowest BCUT2D eigenvalue weighted by molar-refractivity contribution is -0.0132. The van der Waals surface area contributed by atoms with Gasteiger partial charge >= 0.3 is 6.01 Å². The third-order valence-corrected chi connectivity index (χ3v) is 11.6. The summed E-state index contributed by atoms with van der Waals surface area (Å²) in [5, 5.41) is 24.8. The first kappa shape index (κ1) is 34.5. The number of benzene rings is 3. The molecule has 2 saturated heterocycles. The van der Waals surface area contributed by atoms with Crippen LogP contribution in [0.25, 0.3) is 38.9 Å². The van der Waals surface area contributed by atoms with Crippen molar-refractivity contribution in [3.63, 3.8) is 0 Å². The first-order chi connectivity index (χ1) is 25.1. The van der Waals surface area contributed by atoms with Crippen LogP contribution in [0.1, 0.15) is 52.5 Å². The maximum atomic E-state index is 15.4. The normalized spacial score (nSPS) is 24.8. The molecule has 4 aliphatic rings. The highest BCUT2D eigenvalue weighted by molar-refractivity contribution is 6.04. The van der Waals surface area contributed by atoms with E-state index in [1.165, 1.54) is 6.07 Å². The van der Waals surface area contributed by atoms with Gasteiger partial charge in [-0.25, -0.2) is 4.39 Å². The van der Waals surface area contributed by atoms with Crippen LogP contribution in [0.4, 0.5) is 10.2 Å². The minimum Gasteiger partial charge on any atom is -0.508 e. The molecule has 4 aromatic rings. The van der Waals surface area contributed by atoms with Crippen molar-refractivity contribution in [1.82, 2.24) is 14.9 Å². The predicted octanol–water partition coefficient (Wildman–Crippen LogP) is 4.64. The lowest BCUT2D eigenvalue weighted by Gasteiger charge is -2.47. The van der Waals surface area contributed by atoms with E-state index in [1.54, 1.807) is 24.3 Å².